The lowest BCUT2D eigenvalue weighted by Crippen LogP contribution is -1.68. The van der Waals surface area contributed by atoms with Crippen LogP contribution in [0.25, 0.3) is 0 Å². The highest BCUT2D eigenvalue weighted by Crippen LogP contribution is 2.07. The molecule has 0 saturated heterocycles. The van der Waals surface area contributed by atoms with E-state index in [4.69, 9.17) is 0 Å². The Kier molecular flexibility index (Phi) is 1.98. The highest BCUT2D eigenvalue weighted by molar-refractivity contribution is 4.88. The Hall–Kier alpha value is -0.260. The molecule has 0 spiro atoms. The van der Waals surface area contributed by atoms with Crippen molar-refractivity contribution < 1.29 is 0 Å². The van der Waals surface area contributed by atoms with E-state index in [1.165, 1.54) is 25.7 Å². The van der Waals surface area contributed by atoms with Gasteiger partial charge in [-0.15, -0.1) is 0 Å². The van der Waals surface area contributed by atoms with Crippen molar-refractivity contribution >= 4 is 0 Å². The Morgan fingerprint density at radius 1 is 0.714 bits per heavy atom. The SMILES string of the molecule is [CH]1CCC=CCC1. The summed E-state index contributed by atoms with van der Waals surface area (Å²) >= 11 is 0. The Morgan fingerprint density at radius 2 is 1.29 bits per heavy atom. The van der Waals surface area contributed by atoms with Gasteiger partial charge in [0.25, 0.3) is 0 Å². The van der Waals surface area contributed by atoms with Crippen molar-refractivity contribution in [3.63, 3.8) is 0 Å². The molecule has 1 aliphatic rings. The molecular weight excluding hydrogens is 84.1 g/mol. The molecule has 1 rings (SSSR count). The number of allylic oxidation sites excluding steroid dienone is 2. The summed E-state index contributed by atoms with van der Waals surface area (Å²) in [6.07, 6.45) is 12.0. The second-order valence-electron chi connectivity index (χ2n) is 1.91. The first-order valence-electron chi connectivity index (χ1n) is 2.97. The molecule has 0 aliphatic heterocycles. The first-order valence-corrected chi connectivity index (χ1v) is 2.97. The van der Waals surface area contributed by atoms with Gasteiger partial charge in [0.15, 0.2) is 0 Å². The summed E-state index contributed by atoms with van der Waals surface area (Å²) in [6, 6.07) is 0. The molecule has 0 fully saturated rings. The third kappa shape index (κ3) is 1.77. The van der Waals surface area contributed by atoms with Crippen molar-refractivity contribution in [3.8, 4) is 0 Å². The Morgan fingerprint density at radius 3 is 1.86 bits per heavy atom. The Balaban J connectivity index is 2.20. The van der Waals surface area contributed by atoms with Gasteiger partial charge in [0.1, 0.15) is 0 Å². The molecule has 0 atom stereocenters. The predicted octanol–water partition coefficient (Wildman–Crippen LogP) is 2.32. The van der Waals surface area contributed by atoms with Crippen molar-refractivity contribution in [2.24, 2.45) is 0 Å². The van der Waals surface area contributed by atoms with Gasteiger partial charge in [-0.05, 0) is 32.1 Å². The van der Waals surface area contributed by atoms with Gasteiger partial charge in [0, 0.05) is 0 Å². The fourth-order valence-corrected chi connectivity index (χ4v) is 0.808. The maximum atomic E-state index is 2.36. The van der Waals surface area contributed by atoms with E-state index >= 15 is 0 Å². The minimum absolute atomic E-state index is 1.26. The molecule has 0 N–H and O–H groups in total. The first-order chi connectivity index (χ1) is 3.50. The normalized spacial score (nSPS) is 21.7. The van der Waals surface area contributed by atoms with E-state index in [0.29, 0.717) is 0 Å². The smallest absolute Gasteiger partial charge is 0.0348 e. The monoisotopic (exact) mass is 95.1 g/mol. The van der Waals surface area contributed by atoms with Crippen molar-refractivity contribution in [2.75, 3.05) is 0 Å². The fraction of sp³-hybridized carbons (Fsp3) is 0.571. The zero-order valence-corrected chi connectivity index (χ0v) is 4.56. The molecule has 39 valence electrons. The van der Waals surface area contributed by atoms with Gasteiger partial charge in [0.2, 0.25) is 0 Å². The van der Waals surface area contributed by atoms with Crippen LogP contribution in [-0.2, 0) is 0 Å². The summed E-state index contributed by atoms with van der Waals surface area (Å²) in [5.74, 6) is 0. The van der Waals surface area contributed by atoms with Crippen molar-refractivity contribution in [1.29, 1.82) is 0 Å². The van der Waals surface area contributed by atoms with E-state index in [1.807, 2.05) is 0 Å². The lowest BCUT2D eigenvalue weighted by Gasteiger charge is -1.85. The van der Waals surface area contributed by atoms with Crippen LogP contribution in [0.4, 0.5) is 0 Å². The minimum atomic E-state index is 1.26. The highest BCUT2D eigenvalue weighted by atomic mass is 13.9. The van der Waals surface area contributed by atoms with Crippen LogP contribution in [0.3, 0.4) is 0 Å². The molecule has 0 saturated carbocycles. The molecule has 1 aliphatic carbocycles. The van der Waals surface area contributed by atoms with Gasteiger partial charge in [0.05, 0.1) is 0 Å². The van der Waals surface area contributed by atoms with Crippen LogP contribution in [0.15, 0.2) is 12.2 Å². The summed E-state index contributed by atoms with van der Waals surface area (Å²) in [5, 5.41) is 0. The van der Waals surface area contributed by atoms with Gasteiger partial charge >= 0.3 is 0 Å². The molecule has 0 aromatic rings. The molecular formula is C7H11. The van der Waals surface area contributed by atoms with E-state index in [0.717, 1.165) is 0 Å². The van der Waals surface area contributed by atoms with Gasteiger partial charge < -0.3 is 0 Å². The predicted molar refractivity (Wildman–Crippen MR) is 31.9 cm³/mol. The van der Waals surface area contributed by atoms with Crippen LogP contribution in [0.1, 0.15) is 25.7 Å². The van der Waals surface area contributed by atoms with Gasteiger partial charge in [-0.2, -0.15) is 0 Å². The molecule has 0 heteroatoms. The summed E-state index contributed by atoms with van der Waals surface area (Å²) in [7, 11) is 0. The topological polar surface area (TPSA) is 0 Å². The molecule has 0 heterocycles. The summed E-state index contributed by atoms with van der Waals surface area (Å²) in [5.41, 5.74) is 0. The average molecular weight is 95.2 g/mol. The summed E-state index contributed by atoms with van der Waals surface area (Å²) in [4.78, 5) is 0. The van der Waals surface area contributed by atoms with Crippen LogP contribution in [0.5, 0.6) is 0 Å². The lowest BCUT2D eigenvalue weighted by atomic mass is 10.2. The maximum absolute atomic E-state index is 2.36. The highest BCUT2D eigenvalue weighted by Gasteiger charge is 1.89. The molecule has 0 amide bonds. The zero-order chi connectivity index (χ0) is 4.95. The Labute approximate surface area is 45.2 Å². The molecule has 0 nitrogen and oxygen atoms in total. The standard InChI is InChI=1S/C7H11/c1-2-4-6-7-5-3-1/h1-2,7H,3-6H2. The van der Waals surface area contributed by atoms with E-state index in [1.54, 1.807) is 0 Å². The number of hydrogen-bond donors (Lipinski definition) is 0. The third-order valence-corrected chi connectivity index (χ3v) is 1.24. The van der Waals surface area contributed by atoms with Crippen LogP contribution in [-0.4, -0.2) is 0 Å². The second kappa shape index (κ2) is 2.84. The third-order valence-electron chi connectivity index (χ3n) is 1.24. The van der Waals surface area contributed by atoms with Crippen molar-refractivity contribution in [2.45, 2.75) is 25.7 Å². The van der Waals surface area contributed by atoms with Crippen LogP contribution >= 0.6 is 0 Å². The molecule has 0 aromatic carbocycles. The van der Waals surface area contributed by atoms with E-state index in [-0.39, 0.29) is 0 Å². The molecule has 0 bridgehead atoms. The molecule has 0 unspecified atom stereocenters. The van der Waals surface area contributed by atoms with Crippen LogP contribution < -0.4 is 0 Å². The summed E-state index contributed by atoms with van der Waals surface area (Å²) in [6.45, 7) is 0. The quantitative estimate of drug-likeness (QED) is 0.405. The van der Waals surface area contributed by atoms with Crippen LogP contribution in [0.2, 0.25) is 0 Å². The van der Waals surface area contributed by atoms with Crippen molar-refractivity contribution in [3.05, 3.63) is 18.6 Å². The molecule has 0 aromatic heterocycles. The first kappa shape index (κ1) is 4.89. The maximum Gasteiger partial charge on any atom is -0.0348 e. The van der Waals surface area contributed by atoms with E-state index < -0.39 is 0 Å². The number of rotatable bonds is 0. The second-order valence-corrected chi connectivity index (χ2v) is 1.91. The van der Waals surface area contributed by atoms with Crippen LogP contribution in [0, 0.1) is 6.42 Å². The fourth-order valence-electron chi connectivity index (χ4n) is 0.808. The Bertz CT molecular complexity index is 54.4. The van der Waals surface area contributed by atoms with Gasteiger partial charge in [-0.3, -0.25) is 0 Å². The van der Waals surface area contributed by atoms with Gasteiger partial charge in [-0.25, -0.2) is 0 Å². The summed E-state index contributed by atoms with van der Waals surface area (Å²) < 4.78 is 0. The lowest BCUT2D eigenvalue weighted by molar-refractivity contribution is 0.891. The van der Waals surface area contributed by atoms with Crippen molar-refractivity contribution in [1.82, 2.24) is 0 Å². The minimum Gasteiger partial charge on any atom is -0.0885 e. The number of hydrogen-bond acceptors (Lipinski definition) is 0. The van der Waals surface area contributed by atoms with E-state index in [9.17, 15) is 0 Å². The molecule has 1 radical (unpaired) electrons. The largest absolute Gasteiger partial charge is 0.0885 e. The van der Waals surface area contributed by atoms with E-state index in [2.05, 4.69) is 18.6 Å². The zero-order valence-electron chi connectivity index (χ0n) is 4.56. The molecule has 7 heavy (non-hydrogen) atoms. The average Bonchev–Trinajstić information content (AvgIpc) is 1.90. The van der Waals surface area contributed by atoms with Gasteiger partial charge in [-0.1, -0.05) is 12.2 Å².